The Labute approximate surface area is 191 Å². The lowest BCUT2D eigenvalue weighted by Crippen LogP contribution is -2.36. The Morgan fingerprint density at radius 3 is 2.36 bits per heavy atom. The van der Waals surface area contributed by atoms with Gasteiger partial charge in [0.1, 0.15) is 17.2 Å². The van der Waals surface area contributed by atoms with Gasteiger partial charge in [-0.15, -0.1) is 0 Å². The molecule has 0 saturated heterocycles. The molecule has 3 aromatic rings. The molecule has 6 nitrogen and oxygen atoms in total. The van der Waals surface area contributed by atoms with Crippen molar-refractivity contribution in [2.75, 3.05) is 7.11 Å². The number of rotatable bonds is 5. The number of aromatic hydroxyl groups is 1. The molecular formula is C27H21N3O3. The van der Waals surface area contributed by atoms with Gasteiger partial charge in [0.05, 0.1) is 18.5 Å². The Bertz CT molecular complexity index is 1320. The van der Waals surface area contributed by atoms with E-state index >= 15 is 0 Å². The zero-order valence-corrected chi connectivity index (χ0v) is 18.0. The fourth-order valence-electron chi connectivity index (χ4n) is 3.74. The van der Waals surface area contributed by atoms with E-state index < -0.39 is 0 Å². The van der Waals surface area contributed by atoms with E-state index in [2.05, 4.69) is 4.99 Å². The quantitative estimate of drug-likeness (QED) is 0.592. The molecule has 0 aromatic heterocycles. The van der Waals surface area contributed by atoms with Crippen molar-refractivity contribution in [2.24, 2.45) is 9.98 Å². The Hall–Kier alpha value is -4.45. The Kier molecular flexibility index (Phi) is 5.32. The van der Waals surface area contributed by atoms with Crippen molar-refractivity contribution < 1.29 is 14.6 Å². The van der Waals surface area contributed by atoms with Crippen LogP contribution in [0.25, 0.3) is 11.8 Å². The molecule has 162 valence electrons. The fraction of sp³-hybridized carbons (Fsp3) is 0.0741. The third-order valence-corrected chi connectivity index (χ3v) is 5.45. The second-order valence-corrected chi connectivity index (χ2v) is 7.70. The predicted octanol–water partition coefficient (Wildman–Crippen LogP) is 4.68. The topological polar surface area (TPSA) is 74.5 Å². The third kappa shape index (κ3) is 4.19. The van der Waals surface area contributed by atoms with Crippen LogP contribution < -0.4 is 4.74 Å². The monoisotopic (exact) mass is 435 g/mol. The number of carbonyl (C=O) groups excluding carboxylic acids is 1. The highest BCUT2D eigenvalue weighted by Gasteiger charge is 2.35. The van der Waals surface area contributed by atoms with Crippen molar-refractivity contribution in [3.63, 3.8) is 0 Å². The number of hydrogen-bond donors (Lipinski definition) is 1. The van der Waals surface area contributed by atoms with E-state index in [-0.39, 0.29) is 11.7 Å². The van der Waals surface area contributed by atoms with Gasteiger partial charge in [-0.25, -0.2) is 9.98 Å². The van der Waals surface area contributed by atoms with Crippen molar-refractivity contribution >= 4 is 29.2 Å². The van der Waals surface area contributed by atoms with Gasteiger partial charge in [0, 0.05) is 18.2 Å². The molecule has 0 radical (unpaired) electrons. The van der Waals surface area contributed by atoms with Gasteiger partial charge in [-0.3, -0.25) is 9.69 Å². The van der Waals surface area contributed by atoms with Crippen molar-refractivity contribution in [3.05, 3.63) is 107 Å². The van der Waals surface area contributed by atoms with E-state index in [0.717, 1.165) is 22.4 Å². The summed E-state index contributed by atoms with van der Waals surface area (Å²) >= 11 is 0. The normalized spacial score (nSPS) is 16.3. The van der Waals surface area contributed by atoms with Gasteiger partial charge >= 0.3 is 0 Å². The molecule has 0 saturated carbocycles. The summed E-state index contributed by atoms with van der Waals surface area (Å²) in [7, 11) is 1.61. The molecule has 0 unspecified atom stereocenters. The lowest BCUT2D eigenvalue weighted by molar-refractivity contribution is -0.120. The van der Waals surface area contributed by atoms with Crippen molar-refractivity contribution in [3.8, 4) is 11.5 Å². The third-order valence-electron chi connectivity index (χ3n) is 5.45. The number of phenols is 1. The van der Waals surface area contributed by atoms with E-state index in [9.17, 15) is 9.90 Å². The first-order chi connectivity index (χ1) is 16.1. The summed E-state index contributed by atoms with van der Waals surface area (Å²) in [6.07, 6.45) is 4.01. The van der Waals surface area contributed by atoms with Gasteiger partial charge in [0.25, 0.3) is 5.91 Å². The lowest BCUT2D eigenvalue weighted by atomic mass is 10.0. The average molecular weight is 435 g/mol. The number of methoxy groups -OCH3 is 1. The van der Waals surface area contributed by atoms with E-state index in [1.165, 1.54) is 0 Å². The number of aliphatic imine (C=N–C) groups is 2. The van der Waals surface area contributed by atoms with E-state index in [4.69, 9.17) is 9.73 Å². The van der Waals surface area contributed by atoms with Crippen LogP contribution in [0.2, 0.25) is 0 Å². The Morgan fingerprint density at radius 2 is 1.67 bits per heavy atom. The molecule has 33 heavy (non-hydrogen) atoms. The SMILES string of the molecule is COc1ccc(C=C2N=C3C(Cc4ccccc4)=NC(c4ccc(O)cc4)=CN3C2=O)cc1. The first kappa shape index (κ1) is 20.5. The minimum atomic E-state index is -0.211. The zero-order chi connectivity index (χ0) is 22.8. The van der Waals surface area contributed by atoms with Crippen LogP contribution in [-0.4, -0.2) is 34.6 Å². The number of benzene rings is 3. The van der Waals surface area contributed by atoms with Gasteiger partial charge in [0.2, 0.25) is 0 Å². The zero-order valence-electron chi connectivity index (χ0n) is 18.0. The molecule has 2 heterocycles. The second kappa shape index (κ2) is 8.59. The summed E-state index contributed by atoms with van der Waals surface area (Å²) < 4.78 is 5.21. The molecule has 0 fully saturated rings. The molecule has 0 spiro atoms. The van der Waals surface area contributed by atoms with Crippen molar-refractivity contribution in [2.45, 2.75) is 6.42 Å². The molecule has 0 bridgehead atoms. The molecule has 6 heteroatoms. The van der Waals surface area contributed by atoms with Crippen molar-refractivity contribution in [1.82, 2.24) is 4.90 Å². The van der Waals surface area contributed by atoms with Crippen LogP contribution in [0.1, 0.15) is 16.7 Å². The molecule has 2 aliphatic rings. The summed E-state index contributed by atoms with van der Waals surface area (Å²) in [5.41, 5.74) is 4.42. The number of ether oxygens (including phenoxy) is 1. The van der Waals surface area contributed by atoms with E-state index in [0.29, 0.717) is 29.4 Å². The largest absolute Gasteiger partial charge is 0.508 e. The predicted molar refractivity (Wildman–Crippen MR) is 129 cm³/mol. The van der Waals surface area contributed by atoms with Crippen LogP contribution >= 0.6 is 0 Å². The van der Waals surface area contributed by atoms with E-state index in [1.54, 1.807) is 48.6 Å². The summed E-state index contributed by atoms with van der Waals surface area (Å²) in [6, 6.07) is 24.2. The van der Waals surface area contributed by atoms with Crippen molar-refractivity contribution in [1.29, 1.82) is 0 Å². The van der Waals surface area contributed by atoms with Gasteiger partial charge < -0.3 is 9.84 Å². The number of amides is 1. The summed E-state index contributed by atoms with van der Waals surface area (Å²) in [5, 5.41) is 9.65. The van der Waals surface area contributed by atoms with Crippen LogP contribution in [0, 0.1) is 0 Å². The van der Waals surface area contributed by atoms with Gasteiger partial charge in [-0.2, -0.15) is 0 Å². The molecule has 3 aromatic carbocycles. The highest BCUT2D eigenvalue weighted by atomic mass is 16.5. The number of nitrogens with zero attached hydrogens (tertiary/aromatic N) is 3. The van der Waals surface area contributed by atoms with Crippen LogP contribution in [0.5, 0.6) is 11.5 Å². The number of hydrogen-bond acceptors (Lipinski definition) is 5. The van der Waals surface area contributed by atoms with E-state index in [1.807, 2.05) is 54.6 Å². The fourth-order valence-corrected chi connectivity index (χ4v) is 3.74. The van der Waals surface area contributed by atoms with Gasteiger partial charge in [-0.1, -0.05) is 42.5 Å². The van der Waals surface area contributed by atoms with Gasteiger partial charge in [-0.05, 0) is 53.6 Å². The van der Waals surface area contributed by atoms with Crippen LogP contribution in [-0.2, 0) is 11.2 Å². The minimum Gasteiger partial charge on any atom is -0.508 e. The maximum Gasteiger partial charge on any atom is 0.282 e. The maximum absolute atomic E-state index is 13.3. The highest BCUT2D eigenvalue weighted by molar-refractivity contribution is 6.48. The second-order valence-electron chi connectivity index (χ2n) is 7.70. The Morgan fingerprint density at radius 1 is 0.939 bits per heavy atom. The maximum atomic E-state index is 13.3. The van der Waals surface area contributed by atoms with Crippen LogP contribution in [0.4, 0.5) is 0 Å². The molecule has 0 atom stereocenters. The number of carbonyl (C=O) groups is 1. The summed E-state index contributed by atoms with van der Waals surface area (Å²) in [6.45, 7) is 0. The first-order valence-corrected chi connectivity index (χ1v) is 10.5. The molecule has 5 rings (SSSR count). The number of phenolic OH excluding ortho intramolecular Hbond substituents is 1. The molecule has 1 N–H and O–H groups in total. The average Bonchev–Trinajstić information content (AvgIpc) is 3.16. The minimum absolute atomic E-state index is 0.174. The Balaban J connectivity index is 1.55. The first-order valence-electron chi connectivity index (χ1n) is 10.5. The van der Waals surface area contributed by atoms with Gasteiger partial charge in [0.15, 0.2) is 5.84 Å². The van der Waals surface area contributed by atoms with Crippen LogP contribution in [0.3, 0.4) is 0 Å². The molecular weight excluding hydrogens is 414 g/mol. The van der Waals surface area contributed by atoms with Crippen LogP contribution in [0.15, 0.2) is 101 Å². The lowest BCUT2D eigenvalue weighted by Gasteiger charge is -2.22. The summed E-state index contributed by atoms with van der Waals surface area (Å²) in [5.74, 6) is 1.24. The summed E-state index contributed by atoms with van der Waals surface area (Å²) in [4.78, 5) is 24.3. The molecule has 1 amide bonds. The molecule has 0 aliphatic carbocycles. The standard InChI is InChI=1S/C27H21N3O3/c1-33-22-13-7-19(8-14-22)16-24-27(32)30-17-25(20-9-11-21(31)12-10-20)28-23(26(30)29-24)15-18-5-3-2-4-6-18/h2-14,16-17,31H,15H2,1H3. The highest BCUT2D eigenvalue weighted by Crippen LogP contribution is 2.29. The molecule has 2 aliphatic heterocycles. The smallest absolute Gasteiger partial charge is 0.282 e. The number of amidine groups is 1. The number of fused-ring (bicyclic) bond motifs is 1.